The average Bonchev–Trinajstić information content (AvgIpc) is 2.76. The molecule has 0 spiro atoms. The van der Waals surface area contributed by atoms with Crippen LogP contribution in [0.25, 0.3) is 0 Å². The summed E-state index contributed by atoms with van der Waals surface area (Å²) in [5, 5.41) is 8.85. The number of imidazole rings is 1. The molecule has 0 saturated carbocycles. The van der Waals surface area contributed by atoms with E-state index >= 15 is 0 Å². The van der Waals surface area contributed by atoms with E-state index in [-0.39, 0.29) is 5.69 Å². The van der Waals surface area contributed by atoms with E-state index in [0.29, 0.717) is 6.54 Å². The molecule has 0 unspecified atom stereocenters. The number of carboxylic acids is 1. The summed E-state index contributed by atoms with van der Waals surface area (Å²) in [6.07, 6.45) is 6.00. The fourth-order valence-electron chi connectivity index (χ4n) is 1.68. The number of hydrogen-bond donors (Lipinski definition) is 1. The number of nitrogens with zero attached hydrogens (tertiary/aromatic N) is 3. The van der Waals surface area contributed by atoms with E-state index in [4.69, 9.17) is 5.11 Å². The minimum Gasteiger partial charge on any atom is -0.477 e. The highest BCUT2D eigenvalue weighted by molar-refractivity contribution is 5.85. The largest absolute Gasteiger partial charge is 0.477 e. The molecule has 1 N–H and O–H groups in total. The Bertz CT molecular complexity index is 534. The van der Waals surface area contributed by atoms with Crippen LogP contribution in [0, 0.1) is 0 Å². The van der Waals surface area contributed by atoms with E-state index in [0.717, 1.165) is 17.8 Å². The van der Waals surface area contributed by atoms with Gasteiger partial charge in [0, 0.05) is 31.6 Å². The number of carbonyl (C=O) groups is 1. The maximum Gasteiger partial charge on any atom is 0.354 e. The van der Waals surface area contributed by atoms with Gasteiger partial charge in [0.05, 0.1) is 0 Å². The SMILES string of the molecule is CCc1nccn1Cc1ccnc(C(=O)O)c1. The maximum absolute atomic E-state index is 10.8. The first-order valence-electron chi connectivity index (χ1n) is 5.39. The van der Waals surface area contributed by atoms with Crippen LogP contribution in [0.4, 0.5) is 0 Å². The number of aromatic carboxylic acids is 1. The lowest BCUT2D eigenvalue weighted by Gasteiger charge is -2.06. The molecule has 0 bridgehead atoms. The maximum atomic E-state index is 10.8. The highest BCUT2D eigenvalue weighted by atomic mass is 16.4. The van der Waals surface area contributed by atoms with Gasteiger partial charge in [-0.3, -0.25) is 0 Å². The first-order valence-corrected chi connectivity index (χ1v) is 5.39. The molecule has 88 valence electrons. The second-order valence-electron chi connectivity index (χ2n) is 3.68. The van der Waals surface area contributed by atoms with Crippen molar-refractivity contribution in [1.29, 1.82) is 0 Å². The second kappa shape index (κ2) is 4.78. The minimum atomic E-state index is -1.01. The Balaban J connectivity index is 2.24. The third-order valence-electron chi connectivity index (χ3n) is 2.51. The second-order valence-corrected chi connectivity index (χ2v) is 3.68. The fourth-order valence-corrected chi connectivity index (χ4v) is 1.68. The van der Waals surface area contributed by atoms with Crippen molar-refractivity contribution in [1.82, 2.24) is 14.5 Å². The van der Waals surface area contributed by atoms with Crippen LogP contribution in [-0.2, 0) is 13.0 Å². The number of pyridine rings is 1. The van der Waals surface area contributed by atoms with Gasteiger partial charge in [-0.1, -0.05) is 6.92 Å². The molecule has 2 heterocycles. The molecule has 0 saturated heterocycles. The van der Waals surface area contributed by atoms with Gasteiger partial charge >= 0.3 is 5.97 Å². The van der Waals surface area contributed by atoms with Crippen LogP contribution in [0.3, 0.4) is 0 Å². The zero-order chi connectivity index (χ0) is 12.3. The van der Waals surface area contributed by atoms with Gasteiger partial charge in [-0.2, -0.15) is 0 Å². The summed E-state index contributed by atoms with van der Waals surface area (Å²) in [5.41, 5.74) is 0.978. The van der Waals surface area contributed by atoms with E-state index in [9.17, 15) is 4.79 Å². The summed E-state index contributed by atoms with van der Waals surface area (Å²) in [4.78, 5) is 18.8. The third-order valence-corrected chi connectivity index (χ3v) is 2.51. The van der Waals surface area contributed by atoms with Crippen molar-refractivity contribution >= 4 is 5.97 Å². The molecule has 2 rings (SSSR count). The summed E-state index contributed by atoms with van der Waals surface area (Å²) >= 11 is 0. The molecule has 17 heavy (non-hydrogen) atoms. The molecule has 2 aromatic heterocycles. The first kappa shape index (κ1) is 11.3. The Morgan fingerprint density at radius 3 is 2.94 bits per heavy atom. The zero-order valence-electron chi connectivity index (χ0n) is 9.50. The number of carboxylic acid groups (broad SMARTS) is 1. The monoisotopic (exact) mass is 231 g/mol. The summed E-state index contributed by atoms with van der Waals surface area (Å²) in [7, 11) is 0. The van der Waals surface area contributed by atoms with Crippen LogP contribution < -0.4 is 0 Å². The van der Waals surface area contributed by atoms with Crippen LogP contribution in [-0.4, -0.2) is 25.6 Å². The van der Waals surface area contributed by atoms with Crippen molar-refractivity contribution in [3.05, 3.63) is 47.8 Å². The fraction of sp³-hybridized carbons (Fsp3) is 0.250. The van der Waals surface area contributed by atoms with E-state index in [1.165, 1.54) is 6.20 Å². The quantitative estimate of drug-likeness (QED) is 0.867. The van der Waals surface area contributed by atoms with Gasteiger partial charge in [-0.05, 0) is 17.7 Å². The highest BCUT2D eigenvalue weighted by Crippen LogP contribution is 2.07. The number of hydrogen-bond acceptors (Lipinski definition) is 3. The molecule has 0 atom stereocenters. The molecular weight excluding hydrogens is 218 g/mol. The molecule has 0 radical (unpaired) electrons. The Morgan fingerprint density at radius 2 is 2.24 bits per heavy atom. The van der Waals surface area contributed by atoms with Crippen LogP contribution in [0.2, 0.25) is 0 Å². The Labute approximate surface area is 98.8 Å². The topological polar surface area (TPSA) is 68.0 Å². The van der Waals surface area contributed by atoms with E-state index in [1.54, 1.807) is 12.3 Å². The Kier molecular flexibility index (Phi) is 3.18. The van der Waals surface area contributed by atoms with Gasteiger partial charge in [0.25, 0.3) is 0 Å². The lowest BCUT2D eigenvalue weighted by atomic mass is 10.2. The normalized spacial score (nSPS) is 10.4. The standard InChI is InChI=1S/C12H13N3O2/c1-2-11-14-5-6-15(11)8-9-3-4-13-10(7-9)12(16)17/h3-7H,2,8H2,1H3,(H,16,17). The highest BCUT2D eigenvalue weighted by Gasteiger charge is 2.06. The lowest BCUT2D eigenvalue weighted by molar-refractivity contribution is 0.0690. The minimum absolute atomic E-state index is 0.0701. The molecule has 5 nitrogen and oxygen atoms in total. The third kappa shape index (κ3) is 2.50. The van der Waals surface area contributed by atoms with Crippen LogP contribution >= 0.6 is 0 Å². The number of rotatable bonds is 4. The van der Waals surface area contributed by atoms with Crippen LogP contribution in [0.5, 0.6) is 0 Å². The molecule has 0 fully saturated rings. The van der Waals surface area contributed by atoms with Gasteiger partial charge in [0.1, 0.15) is 11.5 Å². The van der Waals surface area contributed by atoms with Crippen molar-refractivity contribution in [3.63, 3.8) is 0 Å². The first-order chi connectivity index (χ1) is 8.20. The Hall–Kier alpha value is -2.17. The molecule has 2 aromatic rings. The molecule has 0 aliphatic carbocycles. The van der Waals surface area contributed by atoms with E-state index < -0.39 is 5.97 Å². The Morgan fingerprint density at radius 1 is 1.41 bits per heavy atom. The van der Waals surface area contributed by atoms with E-state index in [2.05, 4.69) is 9.97 Å². The summed E-state index contributed by atoms with van der Waals surface area (Å²) in [5.74, 6) is -0.0214. The number of aromatic nitrogens is 3. The smallest absolute Gasteiger partial charge is 0.354 e. The van der Waals surface area contributed by atoms with Gasteiger partial charge in [0.2, 0.25) is 0 Å². The summed E-state index contributed by atoms with van der Waals surface area (Å²) in [6, 6.07) is 3.40. The van der Waals surface area contributed by atoms with Gasteiger partial charge in [0.15, 0.2) is 0 Å². The van der Waals surface area contributed by atoms with Gasteiger partial charge in [-0.25, -0.2) is 14.8 Å². The molecule has 5 heteroatoms. The van der Waals surface area contributed by atoms with Crippen molar-refractivity contribution in [2.45, 2.75) is 19.9 Å². The summed E-state index contributed by atoms with van der Waals surface area (Å²) < 4.78 is 2.00. The summed E-state index contributed by atoms with van der Waals surface area (Å²) in [6.45, 7) is 2.65. The van der Waals surface area contributed by atoms with Crippen molar-refractivity contribution in [3.8, 4) is 0 Å². The van der Waals surface area contributed by atoms with Crippen molar-refractivity contribution in [2.75, 3.05) is 0 Å². The van der Waals surface area contributed by atoms with Crippen molar-refractivity contribution < 1.29 is 9.90 Å². The van der Waals surface area contributed by atoms with Gasteiger partial charge < -0.3 is 9.67 Å². The van der Waals surface area contributed by atoms with Crippen LogP contribution in [0.15, 0.2) is 30.7 Å². The van der Waals surface area contributed by atoms with Gasteiger partial charge in [-0.15, -0.1) is 0 Å². The molecule has 0 aliphatic heterocycles. The van der Waals surface area contributed by atoms with Crippen LogP contribution in [0.1, 0.15) is 28.8 Å². The predicted octanol–water partition coefficient (Wildman–Crippen LogP) is 1.59. The zero-order valence-corrected chi connectivity index (χ0v) is 9.50. The molecular formula is C12H13N3O2. The molecule has 0 amide bonds. The lowest BCUT2D eigenvalue weighted by Crippen LogP contribution is -2.06. The molecule has 0 aromatic carbocycles. The average molecular weight is 231 g/mol. The molecule has 0 aliphatic rings. The predicted molar refractivity (Wildman–Crippen MR) is 61.9 cm³/mol. The van der Waals surface area contributed by atoms with E-state index in [1.807, 2.05) is 23.8 Å². The van der Waals surface area contributed by atoms with Crippen molar-refractivity contribution in [2.24, 2.45) is 0 Å². The number of aryl methyl sites for hydroxylation is 1.